The number of hydrogen-bond donors (Lipinski definition) is 1. The Morgan fingerprint density at radius 3 is 2.80 bits per heavy atom. The van der Waals surface area contributed by atoms with E-state index in [0.29, 0.717) is 17.1 Å². The van der Waals surface area contributed by atoms with Gasteiger partial charge in [-0.2, -0.15) is 15.3 Å². The lowest BCUT2D eigenvalue weighted by Gasteiger charge is -2.25. The Hall–Kier alpha value is -3.74. The molecule has 0 amide bonds. The molecule has 1 saturated carbocycles. The number of fused-ring (bicyclic) bond motifs is 2. The van der Waals surface area contributed by atoms with E-state index in [9.17, 15) is 4.79 Å². The first-order valence-electron chi connectivity index (χ1n) is 9.95. The minimum atomic E-state index is -0.0999. The van der Waals surface area contributed by atoms with Crippen LogP contribution in [0.5, 0.6) is 0 Å². The molecule has 0 radical (unpaired) electrons. The Morgan fingerprint density at radius 1 is 1.23 bits per heavy atom. The minimum absolute atomic E-state index is 0.0433. The SMILES string of the molecule is Cc1cc2ncnn2cc1Nc1ncc2c(n1)n([C@H]1CC[C@H](C#N)CC1)c(=O)n2C. The van der Waals surface area contributed by atoms with Gasteiger partial charge in [0.25, 0.3) is 0 Å². The summed E-state index contributed by atoms with van der Waals surface area (Å²) in [5.41, 5.74) is 3.76. The lowest BCUT2D eigenvalue weighted by Crippen LogP contribution is -2.28. The highest BCUT2D eigenvalue weighted by Gasteiger charge is 2.26. The van der Waals surface area contributed by atoms with E-state index in [1.54, 1.807) is 26.9 Å². The number of aromatic nitrogens is 7. The van der Waals surface area contributed by atoms with Crippen LogP contribution in [0.15, 0.2) is 29.6 Å². The number of nitrogens with one attached hydrogen (secondary N) is 1. The monoisotopic (exact) mass is 403 g/mol. The van der Waals surface area contributed by atoms with Gasteiger partial charge in [-0.05, 0) is 44.2 Å². The Morgan fingerprint density at radius 2 is 2.03 bits per heavy atom. The van der Waals surface area contributed by atoms with Gasteiger partial charge in [-0.1, -0.05) is 0 Å². The maximum absolute atomic E-state index is 12.9. The number of nitriles is 1. The molecular weight excluding hydrogens is 382 g/mol. The van der Waals surface area contributed by atoms with Crippen molar-refractivity contribution in [2.24, 2.45) is 13.0 Å². The zero-order valence-corrected chi connectivity index (χ0v) is 16.8. The molecular formula is C20H21N9O. The number of hydrogen-bond acceptors (Lipinski definition) is 7. The van der Waals surface area contributed by atoms with Crippen molar-refractivity contribution in [2.75, 3.05) is 5.32 Å². The van der Waals surface area contributed by atoms with Gasteiger partial charge in [-0.15, -0.1) is 0 Å². The van der Waals surface area contributed by atoms with Crippen LogP contribution in [-0.4, -0.2) is 33.7 Å². The second kappa shape index (κ2) is 6.95. The highest BCUT2D eigenvalue weighted by atomic mass is 16.1. The third-order valence-electron chi connectivity index (χ3n) is 5.95. The van der Waals surface area contributed by atoms with E-state index in [1.165, 1.54) is 6.33 Å². The van der Waals surface area contributed by atoms with E-state index in [0.717, 1.165) is 42.6 Å². The molecule has 10 heteroatoms. The smallest absolute Gasteiger partial charge is 0.323 e. The molecule has 1 N–H and O–H groups in total. The van der Waals surface area contributed by atoms with Gasteiger partial charge in [-0.25, -0.2) is 19.3 Å². The summed E-state index contributed by atoms with van der Waals surface area (Å²) < 4.78 is 5.03. The Balaban J connectivity index is 1.54. The molecule has 4 heterocycles. The molecule has 1 fully saturated rings. The van der Waals surface area contributed by atoms with Crippen LogP contribution in [0, 0.1) is 24.2 Å². The molecule has 1 aliphatic rings. The topological polar surface area (TPSA) is 119 Å². The Kier molecular flexibility index (Phi) is 4.24. The average Bonchev–Trinajstić information content (AvgIpc) is 3.30. The molecule has 0 aliphatic heterocycles. The highest BCUT2D eigenvalue weighted by Crippen LogP contribution is 2.32. The fraction of sp³-hybridized carbons (Fsp3) is 0.400. The number of imidazole rings is 1. The number of rotatable bonds is 3. The summed E-state index contributed by atoms with van der Waals surface area (Å²) in [5.74, 6) is 0.489. The van der Waals surface area contributed by atoms with Crippen LogP contribution in [0.2, 0.25) is 0 Å². The van der Waals surface area contributed by atoms with Crippen molar-refractivity contribution in [2.45, 2.75) is 38.6 Å². The molecule has 4 aromatic heterocycles. The number of nitrogens with zero attached hydrogens (tertiary/aromatic N) is 8. The summed E-state index contributed by atoms with van der Waals surface area (Å²) in [7, 11) is 1.74. The molecule has 4 aromatic rings. The Bertz CT molecular complexity index is 1350. The normalized spacial score (nSPS) is 19.2. The first-order valence-corrected chi connectivity index (χ1v) is 9.95. The number of pyridine rings is 1. The van der Waals surface area contributed by atoms with Gasteiger partial charge < -0.3 is 5.32 Å². The zero-order valence-electron chi connectivity index (χ0n) is 16.8. The van der Waals surface area contributed by atoms with Crippen molar-refractivity contribution < 1.29 is 0 Å². The molecule has 152 valence electrons. The lowest BCUT2D eigenvalue weighted by molar-refractivity contribution is 0.311. The van der Waals surface area contributed by atoms with E-state index >= 15 is 0 Å². The molecule has 0 bridgehead atoms. The van der Waals surface area contributed by atoms with Crippen LogP contribution in [0.25, 0.3) is 16.8 Å². The first-order chi connectivity index (χ1) is 14.5. The molecule has 30 heavy (non-hydrogen) atoms. The quantitative estimate of drug-likeness (QED) is 0.558. The van der Waals surface area contributed by atoms with Crippen LogP contribution in [0.1, 0.15) is 37.3 Å². The van der Waals surface area contributed by atoms with Crippen molar-refractivity contribution in [3.05, 3.63) is 40.8 Å². The van der Waals surface area contributed by atoms with Gasteiger partial charge in [0.15, 0.2) is 11.3 Å². The molecule has 0 unspecified atom stereocenters. The molecule has 0 saturated heterocycles. The van der Waals surface area contributed by atoms with Crippen LogP contribution < -0.4 is 11.0 Å². The third kappa shape index (κ3) is 2.90. The molecule has 10 nitrogen and oxygen atoms in total. The maximum atomic E-state index is 12.9. The van der Waals surface area contributed by atoms with Crippen molar-refractivity contribution in [1.82, 2.24) is 33.7 Å². The number of anilines is 2. The van der Waals surface area contributed by atoms with E-state index in [2.05, 4.69) is 31.4 Å². The van der Waals surface area contributed by atoms with E-state index in [4.69, 9.17) is 5.26 Å². The predicted molar refractivity (Wildman–Crippen MR) is 110 cm³/mol. The number of aryl methyl sites for hydroxylation is 2. The van der Waals surface area contributed by atoms with Gasteiger partial charge >= 0.3 is 5.69 Å². The van der Waals surface area contributed by atoms with Gasteiger partial charge in [0.2, 0.25) is 5.95 Å². The van der Waals surface area contributed by atoms with Crippen molar-refractivity contribution in [3.63, 3.8) is 0 Å². The molecule has 0 spiro atoms. The average molecular weight is 403 g/mol. The molecule has 0 aromatic carbocycles. The van der Waals surface area contributed by atoms with Crippen molar-refractivity contribution in [1.29, 1.82) is 5.26 Å². The van der Waals surface area contributed by atoms with Gasteiger partial charge in [0, 0.05) is 19.0 Å². The molecule has 1 aliphatic carbocycles. The fourth-order valence-corrected chi connectivity index (χ4v) is 4.20. The summed E-state index contributed by atoms with van der Waals surface area (Å²) in [5, 5.41) is 16.6. The van der Waals surface area contributed by atoms with Gasteiger partial charge in [0.1, 0.15) is 11.8 Å². The minimum Gasteiger partial charge on any atom is -0.323 e. The third-order valence-corrected chi connectivity index (χ3v) is 5.95. The summed E-state index contributed by atoms with van der Waals surface area (Å²) in [4.78, 5) is 26.2. The zero-order chi connectivity index (χ0) is 20.8. The fourth-order valence-electron chi connectivity index (χ4n) is 4.20. The van der Waals surface area contributed by atoms with E-state index < -0.39 is 0 Å². The second-order valence-corrected chi connectivity index (χ2v) is 7.81. The van der Waals surface area contributed by atoms with E-state index in [-0.39, 0.29) is 17.6 Å². The molecule has 0 atom stereocenters. The first kappa shape index (κ1) is 18.3. The Labute approximate surface area is 171 Å². The summed E-state index contributed by atoms with van der Waals surface area (Å²) in [6, 6.07) is 4.32. The van der Waals surface area contributed by atoms with Gasteiger partial charge in [-0.3, -0.25) is 9.13 Å². The van der Waals surface area contributed by atoms with Crippen LogP contribution in [0.4, 0.5) is 11.6 Å². The highest BCUT2D eigenvalue weighted by molar-refractivity contribution is 5.73. The van der Waals surface area contributed by atoms with Crippen molar-refractivity contribution in [3.8, 4) is 6.07 Å². The second-order valence-electron chi connectivity index (χ2n) is 7.81. The molecule has 5 rings (SSSR count). The summed E-state index contributed by atoms with van der Waals surface area (Å²) >= 11 is 0. The van der Waals surface area contributed by atoms with E-state index in [1.807, 2.05) is 19.2 Å². The van der Waals surface area contributed by atoms with Crippen LogP contribution in [0.3, 0.4) is 0 Å². The van der Waals surface area contributed by atoms with Crippen LogP contribution in [-0.2, 0) is 7.05 Å². The largest absolute Gasteiger partial charge is 0.330 e. The van der Waals surface area contributed by atoms with Crippen molar-refractivity contribution >= 4 is 28.4 Å². The maximum Gasteiger partial charge on any atom is 0.330 e. The summed E-state index contributed by atoms with van der Waals surface area (Å²) in [6.45, 7) is 1.97. The van der Waals surface area contributed by atoms with Gasteiger partial charge in [0.05, 0.1) is 24.2 Å². The standard InChI is InChI=1S/C20H21N9O/c1-12-7-17-23-11-24-28(17)10-15(12)25-19-22-9-16-18(26-19)29(20(30)27(16)2)14-5-3-13(8-21)4-6-14/h7,9-11,13-14H,3-6H2,1-2H3,(H,22,25,26)/t13-,14-. The van der Waals surface area contributed by atoms with Crippen LogP contribution >= 0.6 is 0 Å². The summed E-state index contributed by atoms with van der Waals surface area (Å²) in [6.07, 6.45) is 8.22. The predicted octanol–water partition coefficient (Wildman–Crippen LogP) is 2.48. The lowest BCUT2D eigenvalue weighted by atomic mass is 9.87.